The lowest BCUT2D eigenvalue weighted by molar-refractivity contribution is 0.367. The van der Waals surface area contributed by atoms with Crippen LogP contribution in [0.15, 0.2) is 54.7 Å². The van der Waals surface area contributed by atoms with E-state index >= 15 is 0 Å². The van der Waals surface area contributed by atoms with Gasteiger partial charge in [-0.05, 0) is 54.4 Å². The Morgan fingerprint density at radius 2 is 1.91 bits per heavy atom. The van der Waals surface area contributed by atoms with E-state index in [0.717, 1.165) is 59.4 Å². The zero-order valence-corrected chi connectivity index (χ0v) is 19.1. The summed E-state index contributed by atoms with van der Waals surface area (Å²) < 4.78 is 15.5. The van der Waals surface area contributed by atoms with Crippen molar-refractivity contribution >= 4 is 17.3 Å². The van der Waals surface area contributed by atoms with Gasteiger partial charge in [0.25, 0.3) is 0 Å². The average Bonchev–Trinajstić information content (AvgIpc) is 3.23. The van der Waals surface area contributed by atoms with E-state index in [-0.39, 0.29) is 5.82 Å². The maximum absolute atomic E-state index is 13.6. The van der Waals surface area contributed by atoms with Gasteiger partial charge >= 0.3 is 0 Å². The zero-order chi connectivity index (χ0) is 22.9. The first-order valence-corrected chi connectivity index (χ1v) is 11.3. The molecule has 8 heteroatoms. The minimum atomic E-state index is -0.274. The topological polar surface area (TPSA) is 70.4 Å². The molecule has 0 amide bonds. The van der Waals surface area contributed by atoms with Crippen molar-refractivity contribution in [1.82, 2.24) is 24.9 Å². The molecule has 5 rings (SSSR count). The molecule has 0 unspecified atom stereocenters. The van der Waals surface area contributed by atoms with Crippen molar-refractivity contribution in [2.45, 2.75) is 19.9 Å². The van der Waals surface area contributed by atoms with E-state index in [1.807, 2.05) is 35.8 Å². The second kappa shape index (κ2) is 8.78. The van der Waals surface area contributed by atoms with Gasteiger partial charge in [0, 0.05) is 50.0 Å². The summed E-state index contributed by atoms with van der Waals surface area (Å²) in [6.07, 6.45) is 1.77. The predicted molar refractivity (Wildman–Crippen MR) is 130 cm³/mol. The largest absolute Gasteiger partial charge is 0.373 e. The van der Waals surface area contributed by atoms with Crippen LogP contribution in [-0.2, 0) is 0 Å². The smallest absolute Gasteiger partial charge is 0.155 e. The maximum Gasteiger partial charge on any atom is 0.155 e. The molecule has 1 saturated heterocycles. The molecule has 7 nitrogen and oxygen atoms in total. The number of imidazole rings is 1. The van der Waals surface area contributed by atoms with Crippen molar-refractivity contribution in [2.75, 3.05) is 36.9 Å². The number of benzene rings is 1. The van der Waals surface area contributed by atoms with Gasteiger partial charge in [-0.15, -0.1) is 5.10 Å². The van der Waals surface area contributed by atoms with Gasteiger partial charge in [0.2, 0.25) is 0 Å². The van der Waals surface area contributed by atoms with Crippen LogP contribution in [0.3, 0.4) is 0 Å². The fraction of sp³-hybridized carbons (Fsp3) is 0.320. The van der Waals surface area contributed by atoms with Crippen LogP contribution in [0.4, 0.5) is 16.0 Å². The third kappa shape index (κ3) is 4.14. The molecule has 0 radical (unpaired) electrons. The van der Waals surface area contributed by atoms with Crippen molar-refractivity contribution in [3.05, 3.63) is 60.5 Å². The summed E-state index contributed by atoms with van der Waals surface area (Å²) in [4.78, 5) is 11.6. The van der Waals surface area contributed by atoms with Gasteiger partial charge in [0.1, 0.15) is 23.1 Å². The van der Waals surface area contributed by atoms with Gasteiger partial charge < -0.3 is 15.5 Å². The molecule has 1 atom stereocenters. The van der Waals surface area contributed by atoms with Crippen LogP contribution in [0, 0.1) is 11.7 Å². The number of anilines is 2. The van der Waals surface area contributed by atoms with Crippen LogP contribution in [-0.4, -0.2) is 52.3 Å². The van der Waals surface area contributed by atoms with Crippen molar-refractivity contribution in [2.24, 2.45) is 5.92 Å². The van der Waals surface area contributed by atoms with Crippen LogP contribution >= 0.6 is 0 Å². The Kier molecular flexibility index (Phi) is 5.68. The number of nitrogens with zero attached hydrogens (tertiary/aromatic N) is 5. The molecule has 4 heterocycles. The highest BCUT2D eigenvalue weighted by Crippen LogP contribution is 2.33. The highest BCUT2D eigenvalue weighted by atomic mass is 19.1. The Morgan fingerprint density at radius 3 is 2.67 bits per heavy atom. The third-order valence-corrected chi connectivity index (χ3v) is 6.20. The molecule has 1 aliphatic rings. The number of halogens is 1. The monoisotopic (exact) mass is 445 g/mol. The van der Waals surface area contributed by atoms with Crippen molar-refractivity contribution in [1.29, 1.82) is 0 Å². The Bertz CT molecular complexity index is 1270. The van der Waals surface area contributed by atoms with E-state index in [0.29, 0.717) is 12.0 Å². The fourth-order valence-corrected chi connectivity index (χ4v) is 4.31. The average molecular weight is 446 g/mol. The number of rotatable bonds is 5. The Hall–Kier alpha value is -3.52. The molecule has 1 aromatic carbocycles. The fourth-order valence-electron chi connectivity index (χ4n) is 4.31. The van der Waals surface area contributed by atoms with Crippen LogP contribution in [0.5, 0.6) is 0 Å². The summed E-state index contributed by atoms with van der Waals surface area (Å²) in [5.41, 5.74) is 4.13. The zero-order valence-electron chi connectivity index (χ0n) is 19.1. The molecule has 3 aromatic heterocycles. The van der Waals surface area contributed by atoms with E-state index < -0.39 is 0 Å². The number of hydrogen-bond donors (Lipinski definition) is 2. The predicted octanol–water partition coefficient (Wildman–Crippen LogP) is 4.07. The first-order valence-electron chi connectivity index (χ1n) is 11.3. The van der Waals surface area contributed by atoms with Crippen LogP contribution in [0.1, 0.15) is 13.8 Å². The van der Waals surface area contributed by atoms with E-state index in [1.54, 1.807) is 18.3 Å². The van der Waals surface area contributed by atoms with Crippen molar-refractivity contribution < 1.29 is 4.39 Å². The van der Waals surface area contributed by atoms with E-state index in [2.05, 4.69) is 34.4 Å². The number of piperazine rings is 1. The van der Waals surface area contributed by atoms with Crippen LogP contribution in [0.25, 0.3) is 28.2 Å². The van der Waals surface area contributed by atoms with E-state index in [4.69, 9.17) is 10.1 Å². The normalized spacial score (nSPS) is 16.5. The summed E-state index contributed by atoms with van der Waals surface area (Å²) >= 11 is 0. The molecule has 1 fully saturated rings. The Morgan fingerprint density at radius 1 is 1.09 bits per heavy atom. The van der Waals surface area contributed by atoms with E-state index in [1.165, 1.54) is 12.1 Å². The van der Waals surface area contributed by atoms with E-state index in [9.17, 15) is 4.39 Å². The molecule has 0 bridgehead atoms. The standard InChI is InChI=1S/C25H28FN7/c1-16(2)20-15-32(13-12-28-20)23-9-8-22-30-24(17-4-6-19(26)7-5-17)25(33(22)31-23)18-10-11-29-21(14-18)27-3/h4-11,14,16,20,28H,12-13,15H2,1-3H3,(H,27,29)/t20-/m0/s1. The Balaban J connectivity index is 1.66. The lowest BCUT2D eigenvalue weighted by Crippen LogP contribution is -2.53. The molecular formula is C25H28FN7. The molecule has 170 valence electrons. The van der Waals surface area contributed by atoms with Crippen LogP contribution in [0.2, 0.25) is 0 Å². The third-order valence-electron chi connectivity index (χ3n) is 6.20. The SMILES string of the molecule is CNc1cc(-c2c(-c3ccc(F)cc3)nc3ccc(N4CCN[C@H](C(C)C)C4)nn23)ccn1. The molecule has 0 spiro atoms. The quantitative estimate of drug-likeness (QED) is 0.483. The summed E-state index contributed by atoms with van der Waals surface area (Å²) in [6, 6.07) is 14.8. The van der Waals surface area contributed by atoms with Gasteiger partial charge in [-0.2, -0.15) is 0 Å². The Labute approximate surface area is 192 Å². The first kappa shape index (κ1) is 21.3. The number of fused-ring (bicyclic) bond motifs is 1. The second-order valence-electron chi connectivity index (χ2n) is 8.71. The molecular weight excluding hydrogens is 417 g/mol. The lowest BCUT2D eigenvalue weighted by atomic mass is 10.0. The number of aromatic nitrogens is 4. The minimum Gasteiger partial charge on any atom is -0.373 e. The van der Waals surface area contributed by atoms with Gasteiger partial charge in [0.15, 0.2) is 5.65 Å². The maximum atomic E-state index is 13.6. The van der Waals surface area contributed by atoms with Crippen molar-refractivity contribution in [3.63, 3.8) is 0 Å². The summed E-state index contributed by atoms with van der Waals surface area (Å²) in [6.45, 7) is 7.21. The van der Waals surface area contributed by atoms with Gasteiger partial charge in [-0.3, -0.25) is 0 Å². The first-order chi connectivity index (χ1) is 16.0. The van der Waals surface area contributed by atoms with Gasteiger partial charge in [-0.25, -0.2) is 18.9 Å². The summed E-state index contributed by atoms with van der Waals surface area (Å²) in [7, 11) is 1.84. The summed E-state index contributed by atoms with van der Waals surface area (Å²) in [5, 5.41) is 11.7. The molecule has 0 saturated carbocycles. The summed E-state index contributed by atoms with van der Waals surface area (Å²) in [5.74, 6) is 1.94. The highest BCUT2D eigenvalue weighted by molar-refractivity contribution is 5.82. The minimum absolute atomic E-state index is 0.274. The lowest BCUT2D eigenvalue weighted by Gasteiger charge is -2.36. The van der Waals surface area contributed by atoms with Crippen molar-refractivity contribution in [3.8, 4) is 22.5 Å². The molecule has 0 aliphatic carbocycles. The second-order valence-corrected chi connectivity index (χ2v) is 8.71. The molecule has 1 aliphatic heterocycles. The highest BCUT2D eigenvalue weighted by Gasteiger charge is 2.24. The van der Waals surface area contributed by atoms with Crippen LogP contribution < -0.4 is 15.5 Å². The van der Waals surface area contributed by atoms with Gasteiger partial charge in [0.05, 0.1) is 5.69 Å². The molecule has 33 heavy (non-hydrogen) atoms. The number of hydrogen-bond acceptors (Lipinski definition) is 6. The molecule has 4 aromatic rings. The number of nitrogens with one attached hydrogen (secondary N) is 2. The number of pyridine rings is 1. The van der Waals surface area contributed by atoms with Gasteiger partial charge in [-0.1, -0.05) is 13.8 Å². The molecule has 2 N–H and O–H groups in total.